The van der Waals surface area contributed by atoms with Crippen LogP contribution < -0.4 is 15.4 Å². The third-order valence-corrected chi connectivity index (χ3v) is 6.51. The van der Waals surface area contributed by atoms with E-state index in [4.69, 9.17) is 4.74 Å². The van der Waals surface area contributed by atoms with Gasteiger partial charge in [-0.05, 0) is 37.6 Å². The second kappa shape index (κ2) is 11.9. The predicted octanol–water partition coefficient (Wildman–Crippen LogP) is 3.72. The molecule has 0 radical (unpaired) electrons. The minimum atomic E-state index is -0.828. The molecule has 1 unspecified atom stereocenters. The number of nitrogens with zero attached hydrogens (tertiary/aromatic N) is 3. The Morgan fingerprint density at radius 3 is 2.67 bits per heavy atom. The molecule has 3 amide bonds. The number of carbonyl (C=O) groups is 3. The molecular weight excluding hydrogens is 478 g/mol. The molecule has 0 saturated heterocycles. The summed E-state index contributed by atoms with van der Waals surface area (Å²) in [5.41, 5.74) is 1.96. The van der Waals surface area contributed by atoms with Crippen molar-refractivity contribution in [2.45, 2.75) is 39.2 Å². The highest BCUT2D eigenvalue weighted by Crippen LogP contribution is 2.34. The van der Waals surface area contributed by atoms with E-state index in [-0.39, 0.29) is 29.9 Å². The molecule has 1 atom stereocenters. The highest BCUT2D eigenvalue weighted by molar-refractivity contribution is 8.14. The third-order valence-electron chi connectivity index (χ3n) is 5.57. The number of thioether (sulfide) groups is 1. The van der Waals surface area contributed by atoms with Gasteiger partial charge in [0.1, 0.15) is 17.6 Å². The normalized spacial score (nSPS) is 16.0. The van der Waals surface area contributed by atoms with E-state index in [0.29, 0.717) is 41.3 Å². The van der Waals surface area contributed by atoms with Gasteiger partial charge in [0, 0.05) is 12.1 Å². The number of hydrogen-bond donors (Lipinski definition) is 2. The average Bonchev–Trinajstić information content (AvgIpc) is 3.20. The standard InChI is InChI=1S/C26H29N5O4S/c1-3-5-14-27-22(32)15-20-25(34)31-24(29-20)17-10-6-7-11-18(17)30-26(31)36-16-23(33)28-19-12-8-9-13-21(19)35-4-2/h6-13,20H,3-5,14-16H2,1-2H3,(H,27,32)(H,28,33). The minimum absolute atomic E-state index is 0.0285. The minimum Gasteiger partial charge on any atom is -0.492 e. The van der Waals surface area contributed by atoms with E-state index in [2.05, 4.69) is 20.6 Å². The second-order valence-electron chi connectivity index (χ2n) is 8.23. The van der Waals surface area contributed by atoms with Gasteiger partial charge in [-0.15, -0.1) is 0 Å². The van der Waals surface area contributed by atoms with Crippen molar-refractivity contribution in [3.63, 3.8) is 0 Å². The van der Waals surface area contributed by atoms with Gasteiger partial charge in [0.25, 0.3) is 5.91 Å². The Kier molecular flexibility index (Phi) is 8.37. The molecule has 0 aromatic heterocycles. The molecule has 2 aliphatic heterocycles. The molecule has 2 aromatic carbocycles. The maximum Gasteiger partial charge on any atom is 0.259 e. The summed E-state index contributed by atoms with van der Waals surface area (Å²) in [6.45, 7) is 4.98. The van der Waals surface area contributed by atoms with Crippen LogP contribution in [-0.4, -0.2) is 58.6 Å². The number of carbonyl (C=O) groups excluding carboxylic acids is 3. The van der Waals surface area contributed by atoms with Crippen LogP contribution in [0.5, 0.6) is 5.75 Å². The van der Waals surface area contributed by atoms with Crippen LogP contribution in [-0.2, 0) is 14.4 Å². The van der Waals surface area contributed by atoms with Crippen molar-refractivity contribution < 1.29 is 19.1 Å². The predicted molar refractivity (Wildman–Crippen MR) is 142 cm³/mol. The van der Waals surface area contributed by atoms with Crippen molar-refractivity contribution in [3.8, 4) is 5.75 Å². The summed E-state index contributed by atoms with van der Waals surface area (Å²) in [4.78, 5) is 49.1. The Labute approximate surface area is 214 Å². The third kappa shape index (κ3) is 5.76. The number of ether oxygens (including phenoxy) is 1. The van der Waals surface area contributed by atoms with Crippen LogP contribution in [0.4, 0.5) is 11.4 Å². The number of benzene rings is 2. The number of amides is 3. The number of unbranched alkanes of at least 4 members (excludes halogenated alkanes) is 1. The molecule has 0 bridgehead atoms. The molecule has 2 aliphatic rings. The number of hydrogen-bond acceptors (Lipinski definition) is 7. The van der Waals surface area contributed by atoms with Crippen LogP contribution in [0.2, 0.25) is 0 Å². The number of aliphatic imine (C=N–C) groups is 2. The Morgan fingerprint density at radius 1 is 1.08 bits per heavy atom. The van der Waals surface area contributed by atoms with E-state index in [1.54, 1.807) is 12.1 Å². The SMILES string of the molecule is CCCCNC(=O)CC1N=C2c3ccccc3N=C(SCC(=O)Nc3ccccc3OCC)N2C1=O. The van der Waals surface area contributed by atoms with Crippen molar-refractivity contribution in [1.82, 2.24) is 10.2 Å². The average molecular weight is 508 g/mol. The summed E-state index contributed by atoms with van der Waals surface area (Å²) in [5.74, 6) is 0.288. The number of anilines is 1. The van der Waals surface area contributed by atoms with E-state index in [1.807, 2.05) is 50.2 Å². The largest absolute Gasteiger partial charge is 0.492 e. The van der Waals surface area contributed by atoms with Crippen molar-refractivity contribution in [1.29, 1.82) is 0 Å². The summed E-state index contributed by atoms with van der Waals surface area (Å²) in [6.07, 6.45) is 1.82. The highest BCUT2D eigenvalue weighted by atomic mass is 32.2. The number of nitrogens with one attached hydrogen (secondary N) is 2. The van der Waals surface area contributed by atoms with Crippen LogP contribution in [0.25, 0.3) is 0 Å². The first-order chi connectivity index (χ1) is 17.5. The maximum atomic E-state index is 13.3. The molecule has 4 rings (SSSR count). The van der Waals surface area contributed by atoms with Crippen LogP contribution in [0, 0.1) is 0 Å². The zero-order valence-electron chi connectivity index (χ0n) is 20.3. The molecule has 2 aromatic rings. The van der Waals surface area contributed by atoms with Crippen LogP contribution in [0.1, 0.15) is 38.7 Å². The summed E-state index contributed by atoms with van der Waals surface area (Å²) in [6, 6.07) is 13.8. The maximum absolute atomic E-state index is 13.3. The van der Waals surface area contributed by atoms with E-state index < -0.39 is 6.04 Å². The Bertz CT molecular complexity index is 1210. The zero-order valence-corrected chi connectivity index (χ0v) is 21.1. The van der Waals surface area contributed by atoms with Crippen molar-refractivity contribution in [2.75, 3.05) is 24.2 Å². The monoisotopic (exact) mass is 507 g/mol. The van der Waals surface area contributed by atoms with Crippen LogP contribution in [0.3, 0.4) is 0 Å². The molecule has 10 heteroatoms. The molecule has 188 valence electrons. The molecule has 2 N–H and O–H groups in total. The van der Waals surface area contributed by atoms with Gasteiger partial charge >= 0.3 is 0 Å². The van der Waals surface area contributed by atoms with Crippen molar-refractivity contribution in [2.24, 2.45) is 9.98 Å². The number of amidine groups is 2. The van der Waals surface area contributed by atoms with Crippen molar-refractivity contribution in [3.05, 3.63) is 54.1 Å². The van der Waals surface area contributed by atoms with Gasteiger partial charge in [-0.3, -0.25) is 19.4 Å². The summed E-state index contributed by atoms with van der Waals surface area (Å²) in [5, 5.41) is 6.06. The number of para-hydroxylation sites is 3. The van der Waals surface area contributed by atoms with Gasteiger partial charge in [0.15, 0.2) is 5.17 Å². The first-order valence-electron chi connectivity index (χ1n) is 12.0. The van der Waals surface area contributed by atoms with E-state index >= 15 is 0 Å². The number of rotatable bonds is 10. The molecule has 0 spiro atoms. The highest BCUT2D eigenvalue weighted by Gasteiger charge is 2.42. The summed E-state index contributed by atoms with van der Waals surface area (Å²) in [7, 11) is 0. The molecule has 0 saturated carbocycles. The molecule has 36 heavy (non-hydrogen) atoms. The fourth-order valence-electron chi connectivity index (χ4n) is 3.85. The van der Waals surface area contributed by atoms with Gasteiger partial charge < -0.3 is 15.4 Å². The van der Waals surface area contributed by atoms with Gasteiger partial charge in [-0.2, -0.15) is 0 Å². The summed E-state index contributed by atoms with van der Waals surface area (Å²) >= 11 is 1.15. The lowest BCUT2D eigenvalue weighted by molar-refractivity contribution is -0.128. The molecule has 0 aliphatic carbocycles. The second-order valence-corrected chi connectivity index (χ2v) is 9.17. The van der Waals surface area contributed by atoms with Crippen LogP contribution in [0.15, 0.2) is 58.5 Å². The van der Waals surface area contributed by atoms with Gasteiger partial charge in [-0.25, -0.2) is 9.89 Å². The van der Waals surface area contributed by atoms with E-state index in [0.717, 1.165) is 30.2 Å². The molecule has 2 heterocycles. The smallest absolute Gasteiger partial charge is 0.259 e. The lowest BCUT2D eigenvalue weighted by atomic mass is 10.1. The summed E-state index contributed by atoms with van der Waals surface area (Å²) < 4.78 is 5.57. The molecule has 9 nitrogen and oxygen atoms in total. The first kappa shape index (κ1) is 25.4. The Balaban J connectivity index is 1.48. The van der Waals surface area contributed by atoms with E-state index in [1.165, 1.54) is 4.90 Å². The quantitative estimate of drug-likeness (QED) is 0.476. The van der Waals surface area contributed by atoms with Gasteiger partial charge in [0.05, 0.1) is 30.2 Å². The zero-order chi connectivity index (χ0) is 25.5. The first-order valence-corrected chi connectivity index (χ1v) is 13.0. The number of fused-ring (bicyclic) bond motifs is 3. The lowest BCUT2D eigenvalue weighted by Crippen LogP contribution is -2.42. The molecular formula is C26H29N5O4S. The fraction of sp³-hybridized carbons (Fsp3) is 0.346. The van der Waals surface area contributed by atoms with E-state index in [9.17, 15) is 14.4 Å². The Morgan fingerprint density at radius 2 is 1.86 bits per heavy atom. The topological polar surface area (TPSA) is 112 Å². The van der Waals surface area contributed by atoms with Crippen LogP contribution >= 0.6 is 11.8 Å². The van der Waals surface area contributed by atoms with Crippen molar-refractivity contribution >= 4 is 51.9 Å². The fourth-order valence-corrected chi connectivity index (χ4v) is 4.65. The van der Waals surface area contributed by atoms with Gasteiger partial charge in [0.2, 0.25) is 11.8 Å². The lowest BCUT2D eigenvalue weighted by Gasteiger charge is -2.25. The molecule has 0 fully saturated rings. The van der Waals surface area contributed by atoms with Gasteiger partial charge in [-0.1, -0.05) is 49.4 Å². The Hall–Kier alpha value is -3.66.